The smallest absolute Gasteiger partial charge is 0.337 e. The quantitative estimate of drug-likeness (QED) is 0.156. The van der Waals surface area contributed by atoms with Crippen LogP contribution in [0.3, 0.4) is 0 Å². The average Bonchev–Trinajstić information content (AvgIpc) is 2.88. The van der Waals surface area contributed by atoms with Crippen molar-refractivity contribution in [3.63, 3.8) is 0 Å². The van der Waals surface area contributed by atoms with Crippen molar-refractivity contribution in [2.24, 2.45) is 5.10 Å². The lowest BCUT2D eigenvalue weighted by atomic mass is 9.95. The Hall–Kier alpha value is -4.25. The molecule has 0 unspecified atom stereocenters. The Morgan fingerprint density at radius 2 is 1.95 bits per heavy atom. The molecule has 2 atom stereocenters. The molecule has 0 saturated heterocycles. The second kappa shape index (κ2) is 12.6. The van der Waals surface area contributed by atoms with Crippen molar-refractivity contribution < 1.29 is 33.6 Å². The molecular weight excluding hydrogens is 480 g/mol. The van der Waals surface area contributed by atoms with Gasteiger partial charge in [-0.25, -0.2) is 9.59 Å². The lowest BCUT2D eigenvalue weighted by Gasteiger charge is -2.28. The lowest BCUT2D eigenvalue weighted by Crippen LogP contribution is -2.45. The van der Waals surface area contributed by atoms with Crippen molar-refractivity contribution in [2.45, 2.75) is 33.0 Å². The molecule has 198 valence electrons. The van der Waals surface area contributed by atoms with Gasteiger partial charge in [-0.15, -0.1) is 0 Å². The van der Waals surface area contributed by atoms with Gasteiger partial charge in [-0.1, -0.05) is 6.07 Å². The van der Waals surface area contributed by atoms with E-state index < -0.39 is 24.3 Å². The summed E-state index contributed by atoms with van der Waals surface area (Å²) in [5.41, 5.74) is 5.75. The normalized spacial score (nSPS) is 16.1. The predicted octanol–water partition coefficient (Wildman–Crippen LogP) is 2.52. The van der Waals surface area contributed by atoms with Gasteiger partial charge in [-0.05, 0) is 67.8 Å². The van der Waals surface area contributed by atoms with Gasteiger partial charge in [0.05, 0.1) is 38.7 Å². The van der Waals surface area contributed by atoms with Crippen molar-refractivity contribution in [3.8, 4) is 17.2 Å². The van der Waals surface area contributed by atoms with Crippen LogP contribution in [0.2, 0.25) is 0 Å². The molecule has 11 heteroatoms. The summed E-state index contributed by atoms with van der Waals surface area (Å²) in [5.74, 6) is 0.955. The molecule has 0 saturated carbocycles. The second-order valence-corrected chi connectivity index (χ2v) is 8.14. The molecule has 3 rings (SSSR count). The second-order valence-electron chi connectivity index (χ2n) is 8.14. The van der Waals surface area contributed by atoms with Gasteiger partial charge in [0.15, 0.2) is 17.7 Å². The largest absolute Gasteiger partial charge is 0.497 e. The van der Waals surface area contributed by atoms with Gasteiger partial charge in [-0.3, -0.25) is 5.43 Å². The first kappa shape index (κ1) is 27.3. The molecule has 0 bridgehead atoms. The summed E-state index contributed by atoms with van der Waals surface area (Å²) < 4.78 is 21.6. The number of carbonyl (C=O) groups is 2. The Labute approximate surface area is 215 Å². The van der Waals surface area contributed by atoms with Crippen LogP contribution in [0.15, 0.2) is 52.8 Å². The van der Waals surface area contributed by atoms with E-state index in [1.54, 1.807) is 38.4 Å². The van der Waals surface area contributed by atoms with Crippen LogP contribution in [-0.4, -0.2) is 57.0 Å². The van der Waals surface area contributed by atoms with E-state index in [1.807, 2.05) is 32.0 Å². The molecule has 0 aromatic heterocycles. The summed E-state index contributed by atoms with van der Waals surface area (Å²) in [6, 6.07) is 9.43. The summed E-state index contributed by atoms with van der Waals surface area (Å²) >= 11 is 0. The number of ether oxygens (including phenoxy) is 4. The number of aliphatic hydroxyl groups is 1. The maximum Gasteiger partial charge on any atom is 0.337 e. The molecule has 1 aliphatic heterocycles. The van der Waals surface area contributed by atoms with Crippen LogP contribution in [-0.2, 0) is 9.53 Å². The monoisotopic (exact) mass is 512 g/mol. The highest BCUT2D eigenvalue weighted by molar-refractivity contribution is 5.95. The van der Waals surface area contributed by atoms with Crippen LogP contribution in [0.5, 0.6) is 17.2 Å². The molecule has 0 fully saturated rings. The Balaban J connectivity index is 1.70. The van der Waals surface area contributed by atoms with Crippen LogP contribution in [0.1, 0.15) is 36.6 Å². The van der Waals surface area contributed by atoms with Gasteiger partial charge in [0.1, 0.15) is 12.4 Å². The first-order chi connectivity index (χ1) is 17.8. The molecular formula is C26H32N4O7. The van der Waals surface area contributed by atoms with Gasteiger partial charge in [0, 0.05) is 5.70 Å². The molecule has 0 radical (unpaired) electrons. The maximum atomic E-state index is 12.4. The minimum absolute atomic E-state index is 0.116. The van der Waals surface area contributed by atoms with Gasteiger partial charge in [0.25, 0.3) is 0 Å². The van der Waals surface area contributed by atoms with E-state index >= 15 is 0 Å². The van der Waals surface area contributed by atoms with E-state index in [1.165, 1.54) is 7.11 Å². The summed E-state index contributed by atoms with van der Waals surface area (Å²) in [5, 5.41) is 19.7. The Bertz CT molecular complexity index is 1200. The number of nitrogens with zero attached hydrogens (tertiary/aromatic N) is 1. The van der Waals surface area contributed by atoms with E-state index in [2.05, 4.69) is 21.2 Å². The number of aryl methyl sites for hydroxylation is 1. The number of esters is 1. The first-order valence-electron chi connectivity index (χ1n) is 11.6. The number of amides is 2. The summed E-state index contributed by atoms with van der Waals surface area (Å²) in [6.07, 6.45) is 0.504. The third kappa shape index (κ3) is 6.91. The Morgan fingerprint density at radius 1 is 1.16 bits per heavy atom. The highest BCUT2D eigenvalue weighted by Crippen LogP contribution is 2.34. The topological polar surface area (TPSA) is 140 Å². The molecule has 2 aromatic rings. The molecule has 2 amide bonds. The Morgan fingerprint density at radius 3 is 2.62 bits per heavy atom. The van der Waals surface area contributed by atoms with E-state index in [0.717, 1.165) is 16.9 Å². The number of methoxy groups -OCH3 is 2. The number of allylic oxidation sites excluding steroid dienone is 1. The summed E-state index contributed by atoms with van der Waals surface area (Å²) in [4.78, 5) is 24.4. The maximum absolute atomic E-state index is 12.4. The first-order valence-corrected chi connectivity index (χ1v) is 11.6. The third-order valence-corrected chi connectivity index (χ3v) is 5.58. The summed E-state index contributed by atoms with van der Waals surface area (Å²) in [6.45, 7) is 5.62. The fourth-order valence-electron chi connectivity index (χ4n) is 3.73. The number of urea groups is 1. The van der Waals surface area contributed by atoms with Crippen LogP contribution < -0.4 is 30.3 Å². The minimum atomic E-state index is -1.09. The molecule has 1 heterocycles. The van der Waals surface area contributed by atoms with E-state index in [9.17, 15) is 14.7 Å². The zero-order valence-corrected chi connectivity index (χ0v) is 21.5. The van der Waals surface area contributed by atoms with Crippen molar-refractivity contribution >= 4 is 18.2 Å². The van der Waals surface area contributed by atoms with Gasteiger partial charge in [-0.2, -0.15) is 5.10 Å². The molecule has 4 N–H and O–H groups in total. The number of hydrogen-bond acceptors (Lipinski definition) is 9. The van der Waals surface area contributed by atoms with Crippen molar-refractivity contribution in [2.75, 3.05) is 27.4 Å². The zero-order valence-electron chi connectivity index (χ0n) is 21.5. The zero-order chi connectivity index (χ0) is 26.9. The SMILES string of the molecule is CCOc1cc([C@H]2NC(=O)NC(C)=C2C(=O)OC)ccc1OC[C@H](O)N/N=C\c1ccc(OC)cc1C. The molecule has 0 aliphatic carbocycles. The number of hydrogen-bond donors (Lipinski definition) is 4. The van der Waals surface area contributed by atoms with Crippen molar-refractivity contribution in [1.29, 1.82) is 0 Å². The molecule has 0 spiro atoms. The molecule has 11 nitrogen and oxygen atoms in total. The number of hydrazone groups is 1. The van der Waals surface area contributed by atoms with Gasteiger partial charge in [0.2, 0.25) is 0 Å². The fourth-order valence-corrected chi connectivity index (χ4v) is 3.73. The highest BCUT2D eigenvalue weighted by atomic mass is 16.5. The summed E-state index contributed by atoms with van der Waals surface area (Å²) in [7, 11) is 2.88. The molecule has 1 aliphatic rings. The fraction of sp³-hybridized carbons (Fsp3) is 0.346. The van der Waals surface area contributed by atoms with Crippen molar-refractivity contribution in [1.82, 2.24) is 16.1 Å². The van der Waals surface area contributed by atoms with Crippen LogP contribution in [0, 0.1) is 6.92 Å². The number of benzene rings is 2. The van der Waals surface area contributed by atoms with Gasteiger partial charge >= 0.3 is 12.0 Å². The third-order valence-electron chi connectivity index (χ3n) is 5.58. The van der Waals surface area contributed by atoms with E-state index in [4.69, 9.17) is 18.9 Å². The number of carbonyl (C=O) groups excluding carboxylic acids is 2. The van der Waals surface area contributed by atoms with E-state index in [-0.39, 0.29) is 12.2 Å². The Kier molecular flexibility index (Phi) is 9.33. The van der Waals surface area contributed by atoms with Gasteiger partial charge < -0.3 is 34.7 Å². The number of aliphatic hydroxyl groups excluding tert-OH is 1. The van der Waals surface area contributed by atoms with E-state index in [0.29, 0.717) is 29.4 Å². The highest BCUT2D eigenvalue weighted by Gasteiger charge is 2.32. The van der Waals surface area contributed by atoms with Crippen molar-refractivity contribution in [3.05, 3.63) is 64.4 Å². The van der Waals surface area contributed by atoms with Crippen LogP contribution >= 0.6 is 0 Å². The molecule has 2 aromatic carbocycles. The predicted molar refractivity (Wildman–Crippen MR) is 137 cm³/mol. The standard InChI is InChI=1S/C26H32N4O7/c1-6-36-21-12-17(24-23(25(32)35-5)16(3)28-26(33)29-24)8-10-20(21)37-14-22(31)30-27-13-18-7-9-19(34-4)11-15(18)2/h7-13,22,24,30-31H,6,14H2,1-5H3,(H2,28,29,33)/b27-13-/t22-,24+/m0/s1. The lowest BCUT2D eigenvalue weighted by molar-refractivity contribution is -0.136. The number of rotatable bonds is 11. The molecule has 37 heavy (non-hydrogen) atoms. The number of nitrogens with one attached hydrogen (secondary N) is 3. The van der Waals surface area contributed by atoms with Crippen LogP contribution in [0.25, 0.3) is 0 Å². The minimum Gasteiger partial charge on any atom is -0.497 e. The van der Waals surface area contributed by atoms with Crippen LogP contribution in [0.4, 0.5) is 4.79 Å². The average molecular weight is 513 g/mol.